The molecular weight excluding hydrogens is 292 g/mol. The zero-order valence-corrected chi connectivity index (χ0v) is 12.5. The Kier molecular flexibility index (Phi) is 3.04. The van der Waals surface area contributed by atoms with Crippen LogP contribution in [0, 0.1) is 5.41 Å². The number of nitrogens with one attached hydrogen (secondary N) is 2. The molecule has 0 atom stereocenters. The van der Waals surface area contributed by atoms with Crippen molar-refractivity contribution in [1.82, 2.24) is 4.98 Å². The van der Waals surface area contributed by atoms with Gasteiger partial charge in [0, 0.05) is 0 Å². The summed E-state index contributed by atoms with van der Waals surface area (Å²) in [7, 11) is 0. The second kappa shape index (κ2) is 5.08. The number of rotatable bonds is 1. The summed E-state index contributed by atoms with van der Waals surface area (Å²) in [4.78, 5) is 14.8. The number of anilines is 1. The van der Waals surface area contributed by atoms with Gasteiger partial charge in [-0.05, 0) is 37.8 Å². The van der Waals surface area contributed by atoms with Crippen molar-refractivity contribution in [2.75, 3.05) is 5.01 Å². The summed E-state index contributed by atoms with van der Waals surface area (Å²) in [6.45, 7) is 0. The Labute approximate surface area is 131 Å². The smallest absolute Gasteiger partial charge is 0.260 e. The number of benzene rings is 1. The van der Waals surface area contributed by atoms with Crippen LogP contribution in [0.3, 0.4) is 0 Å². The van der Waals surface area contributed by atoms with Crippen molar-refractivity contribution in [3.8, 4) is 5.88 Å². The van der Waals surface area contributed by atoms with Crippen LogP contribution in [-0.4, -0.2) is 15.9 Å². The first kappa shape index (κ1) is 13.8. The Morgan fingerprint density at radius 3 is 2.57 bits per heavy atom. The Morgan fingerprint density at radius 2 is 1.87 bits per heavy atom. The first-order valence-electron chi connectivity index (χ1n) is 7.67. The van der Waals surface area contributed by atoms with E-state index in [1.807, 2.05) is 30.3 Å². The lowest BCUT2D eigenvalue weighted by molar-refractivity contribution is 0.449. The van der Waals surface area contributed by atoms with Gasteiger partial charge < -0.3 is 5.11 Å². The van der Waals surface area contributed by atoms with E-state index in [0.717, 1.165) is 36.9 Å². The number of hydrogen-bond donors (Lipinski definition) is 3. The zero-order chi connectivity index (χ0) is 16.0. The molecule has 23 heavy (non-hydrogen) atoms. The largest absolute Gasteiger partial charge is 0.494 e. The summed E-state index contributed by atoms with van der Waals surface area (Å²) < 4.78 is 0. The van der Waals surface area contributed by atoms with E-state index in [0.29, 0.717) is 16.1 Å². The highest BCUT2D eigenvalue weighted by molar-refractivity contribution is 6.10. The maximum absolute atomic E-state index is 12.4. The molecule has 1 aromatic heterocycles. The summed E-state index contributed by atoms with van der Waals surface area (Å²) in [6.07, 6.45) is 3.86. The van der Waals surface area contributed by atoms with Crippen LogP contribution in [-0.2, 0) is 0 Å². The van der Waals surface area contributed by atoms with E-state index in [9.17, 15) is 9.90 Å². The Hall–Kier alpha value is -2.89. The second-order valence-corrected chi connectivity index (χ2v) is 5.81. The molecule has 3 N–H and O–H groups in total. The van der Waals surface area contributed by atoms with Crippen LogP contribution in [0.4, 0.5) is 5.69 Å². The molecule has 1 fully saturated rings. The van der Waals surface area contributed by atoms with Crippen LogP contribution >= 0.6 is 0 Å². The summed E-state index contributed by atoms with van der Waals surface area (Å²) >= 11 is 0. The Morgan fingerprint density at radius 1 is 1.17 bits per heavy atom. The van der Waals surface area contributed by atoms with Crippen LogP contribution in [0.1, 0.15) is 31.2 Å². The third-order valence-corrected chi connectivity index (χ3v) is 4.38. The van der Waals surface area contributed by atoms with Gasteiger partial charge in [0.1, 0.15) is 10.9 Å². The van der Waals surface area contributed by atoms with E-state index >= 15 is 0 Å². The molecule has 4 rings (SSSR count). The monoisotopic (exact) mass is 308 g/mol. The number of nitrogens with zero attached hydrogens (tertiary/aromatic N) is 2. The standard InChI is InChI=1S/C17H16N4O2/c18-15-13-14(20-21(15)11-8-2-1-3-9-11)12(10-6-4-5-7-10)16(22)19-17(13)23/h1-3,8-9,18,23H,4-7H2,(H,19,22). The molecule has 0 bridgehead atoms. The van der Waals surface area contributed by atoms with Gasteiger partial charge in [0.2, 0.25) is 5.88 Å². The van der Waals surface area contributed by atoms with Crippen molar-refractivity contribution in [3.05, 3.63) is 56.8 Å². The quantitative estimate of drug-likeness (QED) is 0.738. The van der Waals surface area contributed by atoms with Crippen LogP contribution < -0.4 is 21.1 Å². The molecule has 116 valence electrons. The minimum atomic E-state index is -0.329. The van der Waals surface area contributed by atoms with E-state index in [1.165, 1.54) is 5.01 Å². The molecule has 0 amide bonds. The topological polar surface area (TPSA) is 92.5 Å². The fourth-order valence-electron chi connectivity index (χ4n) is 3.29. The summed E-state index contributed by atoms with van der Waals surface area (Å²) in [5, 5.41) is 25.3. The van der Waals surface area contributed by atoms with Crippen LogP contribution in [0.25, 0.3) is 5.57 Å². The fraction of sp³-hybridized carbons (Fsp3) is 0.235. The molecule has 6 heteroatoms. The maximum Gasteiger partial charge on any atom is 0.260 e. The number of aromatic nitrogens is 1. The number of H-pyrrole nitrogens is 1. The fourth-order valence-corrected chi connectivity index (χ4v) is 3.29. The molecule has 2 aromatic rings. The number of aromatic amines is 1. The molecular formula is C17H16N4O2. The molecule has 0 radical (unpaired) electrons. The van der Waals surface area contributed by atoms with Crippen LogP contribution in [0.15, 0.2) is 40.2 Å². The third kappa shape index (κ3) is 2.06. The molecule has 0 unspecified atom stereocenters. The number of hydrogen-bond acceptors (Lipinski definition) is 4. The highest BCUT2D eigenvalue weighted by atomic mass is 16.3. The minimum Gasteiger partial charge on any atom is -0.494 e. The SMILES string of the molecule is N=C1c2c(O)[nH]c(=O)c(=C3CCCC3)c2=NN1c1ccccc1. The van der Waals surface area contributed by atoms with Gasteiger partial charge in [-0.2, -0.15) is 5.10 Å². The normalized spacial score (nSPS) is 16.6. The average molecular weight is 308 g/mol. The molecule has 1 aromatic carbocycles. The van der Waals surface area contributed by atoms with Gasteiger partial charge in [0.15, 0.2) is 5.84 Å². The van der Waals surface area contributed by atoms with Crippen molar-refractivity contribution in [2.24, 2.45) is 5.10 Å². The van der Waals surface area contributed by atoms with Gasteiger partial charge in [-0.15, -0.1) is 0 Å². The van der Waals surface area contributed by atoms with E-state index in [2.05, 4.69) is 10.1 Å². The zero-order valence-electron chi connectivity index (χ0n) is 12.5. The van der Waals surface area contributed by atoms with E-state index in [-0.39, 0.29) is 17.3 Å². The lowest BCUT2D eigenvalue weighted by Gasteiger charge is -2.13. The minimum absolute atomic E-state index is 0.0693. The van der Waals surface area contributed by atoms with Crippen molar-refractivity contribution in [2.45, 2.75) is 25.7 Å². The number of amidine groups is 1. The first-order valence-corrected chi connectivity index (χ1v) is 7.67. The highest BCUT2D eigenvalue weighted by Gasteiger charge is 2.27. The molecule has 1 aliphatic carbocycles. The Balaban J connectivity index is 2.04. The number of fused-ring (bicyclic) bond motifs is 1. The summed E-state index contributed by atoms with van der Waals surface area (Å²) in [5.74, 6) is -0.223. The number of aromatic hydroxyl groups is 1. The van der Waals surface area contributed by atoms with Crippen molar-refractivity contribution < 1.29 is 5.11 Å². The predicted octanol–water partition coefficient (Wildman–Crippen LogP) is 1.19. The van der Waals surface area contributed by atoms with Gasteiger partial charge in [-0.1, -0.05) is 23.8 Å². The summed E-state index contributed by atoms with van der Waals surface area (Å²) in [6, 6.07) is 9.28. The molecule has 6 nitrogen and oxygen atoms in total. The molecule has 2 heterocycles. The molecule has 1 saturated carbocycles. The lowest BCUT2D eigenvalue weighted by Crippen LogP contribution is -2.43. The number of para-hydroxylation sites is 1. The molecule has 2 aliphatic rings. The molecule has 0 spiro atoms. The van der Waals surface area contributed by atoms with E-state index in [1.54, 1.807) is 0 Å². The number of pyridine rings is 1. The van der Waals surface area contributed by atoms with Gasteiger partial charge in [0.25, 0.3) is 5.56 Å². The first-order chi connectivity index (χ1) is 11.2. The van der Waals surface area contributed by atoms with Crippen molar-refractivity contribution in [3.63, 3.8) is 0 Å². The van der Waals surface area contributed by atoms with Crippen LogP contribution in [0.5, 0.6) is 5.88 Å². The average Bonchev–Trinajstić information content (AvgIpc) is 3.17. The van der Waals surface area contributed by atoms with Gasteiger partial charge in [0.05, 0.1) is 10.9 Å². The summed E-state index contributed by atoms with van der Waals surface area (Å²) in [5.41, 5.74) is 1.75. The van der Waals surface area contributed by atoms with Gasteiger partial charge in [-0.3, -0.25) is 15.2 Å². The van der Waals surface area contributed by atoms with Crippen LogP contribution in [0.2, 0.25) is 0 Å². The maximum atomic E-state index is 12.4. The van der Waals surface area contributed by atoms with E-state index < -0.39 is 0 Å². The third-order valence-electron chi connectivity index (χ3n) is 4.38. The van der Waals surface area contributed by atoms with E-state index in [4.69, 9.17) is 5.41 Å². The lowest BCUT2D eigenvalue weighted by atomic mass is 10.1. The second-order valence-electron chi connectivity index (χ2n) is 5.81. The highest BCUT2D eigenvalue weighted by Crippen LogP contribution is 2.24. The van der Waals surface area contributed by atoms with Crippen molar-refractivity contribution >= 4 is 17.1 Å². The Bertz CT molecular complexity index is 968. The van der Waals surface area contributed by atoms with Gasteiger partial charge >= 0.3 is 0 Å². The molecule has 1 aliphatic heterocycles. The molecule has 0 saturated heterocycles. The van der Waals surface area contributed by atoms with Gasteiger partial charge in [-0.25, -0.2) is 5.01 Å². The van der Waals surface area contributed by atoms with Crippen molar-refractivity contribution in [1.29, 1.82) is 5.41 Å². The predicted molar refractivity (Wildman–Crippen MR) is 87.1 cm³/mol.